The largest absolute Gasteiger partial charge is 0.458 e. The maximum Gasteiger partial charge on any atom is 0.303 e. The molecular formula is C16H24O2. The van der Waals surface area contributed by atoms with Crippen molar-refractivity contribution in [1.82, 2.24) is 0 Å². The van der Waals surface area contributed by atoms with Crippen LogP contribution in [0, 0.1) is 5.41 Å². The first-order valence-corrected chi connectivity index (χ1v) is 6.46. The Morgan fingerprint density at radius 2 is 2.06 bits per heavy atom. The van der Waals surface area contributed by atoms with Gasteiger partial charge in [-0.25, -0.2) is 0 Å². The fourth-order valence-electron chi connectivity index (χ4n) is 2.48. The molecule has 0 aromatic carbocycles. The molecular weight excluding hydrogens is 224 g/mol. The number of ether oxygens (including phenoxy) is 1. The van der Waals surface area contributed by atoms with Crippen LogP contribution in [0.2, 0.25) is 0 Å². The molecule has 18 heavy (non-hydrogen) atoms. The number of hydrogen-bond acceptors (Lipinski definition) is 2. The topological polar surface area (TPSA) is 26.3 Å². The minimum atomic E-state index is -0.206. The van der Waals surface area contributed by atoms with Gasteiger partial charge in [-0.1, -0.05) is 38.2 Å². The predicted octanol–water partition coefficient (Wildman–Crippen LogP) is 4.19. The zero-order chi connectivity index (χ0) is 13.9. The van der Waals surface area contributed by atoms with Gasteiger partial charge in [-0.3, -0.25) is 4.79 Å². The third-order valence-electron chi connectivity index (χ3n) is 3.51. The van der Waals surface area contributed by atoms with Gasteiger partial charge < -0.3 is 4.74 Å². The molecule has 2 nitrogen and oxygen atoms in total. The molecule has 1 rings (SSSR count). The van der Waals surface area contributed by atoms with E-state index in [9.17, 15) is 4.79 Å². The molecule has 0 spiro atoms. The van der Waals surface area contributed by atoms with Crippen molar-refractivity contribution in [1.29, 1.82) is 0 Å². The van der Waals surface area contributed by atoms with Crippen LogP contribution in [0.4, 0.5) is 0 Å². The Kier molecular flexibility index (Phi) is 4.55. The SMILES string of the molecule is C=C(C)/C=C/C1=C(C)C(OC(C)=O)CCC1(C)C. The van der Waals surface area contributed by atoms with Crippen LogP contribution in [0.1, 0.15) is 47.5 Å². The molecule has 0 aromatic rings. The molecule has 1 aliphatic carbocycles. The monoisotopic (exact) mass is 248 g/mol. The van der Waals surface area contributed by atoms with Crippen LogP contribution in [0.5, 0.6) is 0 Å². The maximum atomic E-state index is 11.1. The van der Waals surface area contributed by atoms with Gasteiger partial charge in [0.05, 0.1) is 0 Å². The fourth-order valence-corrected chi connectivity index (χ4v) is 2.48. The normalized spacial score (nSPS) is 23.3. The van der Waals surface area contributed by atoms with Gasteiger partial charge in [0, 0.05) is 6.92 Å². The van der Waals surface area contributed by atoms with Gasteiger partial charge in [-0.15, -0.1) is 0 Å². The zero-order valence-corrected chi connectivity index (χ0v) is 12.2. The van der Waals surface area contributed by atoms with Crippen LogP contribution in [0.25, 0.3) is 0 Å². The van der Waals surface area contributed by atoms with Crippen LogP contribution in [-0.2, 0) is 9.53 Å². The Morgan fingerprint density at radius 1 is 1.44 bits per heavy atom. The second kappa shape index (κ2) is 5.55. The van der Waals surface area contributed by atoms with Crippen LogP contribution in [0.3, 0.4) is 0 Å². The zero-order valence-electron chi connectivity index (χ0n) is 12.2. The van der Waals surface area contributed by atoms with E-state index in [1.165, 1.54) is 18.1 Å². The lowest BCUT2D eigenvalue weighted by atomic mass is 9.71. The summed E-state index contributed by atoms with van der Waals surface area (Å²) in [5.74, 6) is -0.206. The Balaban J connectivity index is 3.08. The molecule has 0 heterocycles. The molecule has 0 aliphatic heterocycles. The standard InChI is InChI=1S/C16H24O2/c1-11(2)7-8-14-12(3)15(18-13(4)17)9-10-16(14,5)6/h7-8,15H,1,9-10H2,2-6H3/b8-7+. The lowest BCUT2D eigenvalue weighted by Crippen LogP contribution is -2.30. The van der Waals surface area contributed by atoms with Crippen molar-refractivity contribution in [3.05, 3.63) is 35.5 Å². The summed E-state index contributed by atoms with van der Waals surface area (Å²) in [5.41, 5.74) is 3.59. The van der Waals surface area contributed by atoms with Gasteiger partial charge in [0.25, 0.3) is 0 Å². The molecule has 0 saturated carbocycles. The lowest BCUT2D eigenvalue weighted by molar-refractivity contribution is -0.145. The number of carbonyl (C=O) groups excluding carboxylic acids is 1. The molecule has 0 aromatic heterocycles. The van der Waals surface area contributed by atoms with E-state index in [0.717, 1.165) is 18.4 Å². The average molecular weight is 248 g/mol. The summed E-state index contributed by atoms with van der Waals surface area (Å²) < 4.78 is 5.38. The van der Waals surface area contributed by atoms with Gasteiger partial charge in [-0.05, 0) is 43.3 Å². The van der Waals surface area contributed by atoms with E-state index >= 15 is 0 Å². The van der Waals surface area contributed by atoms with E-state index in [1.54, 1.807) is 0 Å². The third kappa shape index (κ3) is 3.59. The van der Waals surface area contributed by atoms with Crippen LogP contribution < -0.4 is 0 Å². The number of esters is 1. The second-order valence-corrected chi connectivity index (χ2v) is 5.80. The highest BCUT2D eigenvalue weighted by molar-refractivity contribution is 5.66. The number of allylic oxidation sites excluding steroid dienone is 4. The van der Waals surface area contributed by atoms with Crippen LogP contribution >= 0.6 is 0 Å². The molecule has 1 aliphatic rings. The molecule has 1 atom stereocenters. The summed E-state index contributed by atoms with van der Waals surface area (Å²) in [5, 5.41) is 0. The first-order chi connectivity index (χ1) is 8.24. The van der Waals surface area contributed by atoms with Gasteiger partial charge >= 0.3 is 5.97 Å². The molecule has 1 unspecified atom stereocenters. The van der Waals surface area contributed by atoms with Crippen molar-refractivity contribution in [2.75, 3.05) is 0 Å². The quantitative estimate of drug-likeness (QED) is 0.553. The molecule has 0 fully saturated rings. The number of carbonyl (C=O) groups is 1. The van der Waals surface area contributed by atoms with Crippen molar-refractivity contribution < 1.29 is 9.53 Å². The third-order valence-corrected chi connectivity index (χ3v) is 3.51. The van der Waals surface area contributed by atoms with Gasteiger partial charge in [0.2, 0.25) is 0 Å². The first-order valence-electron chi connectivity index (χ1n) is 6.46. The molecule has 0 radical (unpaired) electrons. The lowest BCUT2D eigenvalue weighted by Gasteiger charge is -2.36. The highest BCUT2D eigenvalue weighted by Gasteiger charge is 2.33. The summed E-state index contributed by atoms with van der Waals surface area (Å²) >= 11 is 0. The Morgan fingerprint density at radius 3 is 2.56 bits per heavy atom. The van der Waals surface area contributed by atoms with Crippen molar-refractivity contribution in [2.24, 2.45) is 5.41 Å². The number of rotatable bonds is 3. The van der Waals surface area contributed by atoms with Gasteiger partial charge in [0.15, 0.2) is 0 Å². The maximum absolute atomic E-state index is 11.1. The van der Waals surface area contributed by atoms with Crippen LogP contribution in [0.15, 0.2) is 35.5 Å². The molecule has 0 saturated heterocycles. The summed E-state index contributed by atoms with van der Waals surface area (Å²) in [4.78, 5) is 11.1. The van der Waals surface area contributed by atoms with Crippen molar-refractivity contribution in [3.8, 4) is 0 Å². The van der Waals surface area contributed by atoms with E-state index in [2.05, 4.69) is 33.4 Å². The minimum Gasteiger partial charge on any atom is -0.458 e. The molecule has 2 heteroatoms. The summed E-state index contributed by atoms with van der Waals surface area (Å²) in [6.07, 6.45) is 6.01. The van der Waals surface area contributed by atoms with E-state index in [0.29, 0.717) is 0 Å². The first kappa shape index (κ1) is 14.7. The minimum absolute atomic E-state index is 0.0692. The van der Waals surface area contributed by atoms with E-state index in [-0.39, 0.29) is 17.5 Å². The highest BCUT2D eigenvalue weighted by Crippen LogP contribution is 2.41. The number of hydrogen-bond donors (Lipinski definition) is 0. The smallest absolute Gasteiger partial charge is 0.303 e. The Labute approximate surface area is 110 Å². The Hall–Kier alpha value is -1.31. The summed E-state index contributed by atoms with van der Waals surface area (Å²) in [6, 6.07) is 0. The van der Waals surface area contributed by atoms with Crippen molar-refractivity contribution in [3.63, 3.8) is 0 Å². The van der Waals surface area contributed by atoms with E-state index in [4.69, 9.17) is 4.74 Å². The fraction of sp³-hybridized carbons (Fsp3) is 0.562. The van der Waals surface area contributed by atoms with E-state index in [1.807, 2.05) is 13.0 Å². The molecule has 100 valence electrons. The van der Waals surface area contributed by atoms with Crippen molar-refractivity contribution >= 4 is 5.97 Å². The summed E-state index contributed by atoms with van der Waals surface area (Å²) in [6.45, 7) is 13.9. The van der Waals surface area contributed by atoms with E-state index < -0.39 is 0 Å². The Bertz CT molecular complexity index is 411. The molecule has 0 bridgehead atoms. The van der Waals surface area contributed by atoms with Crippen LogP contribution in [-0.4, -0.2) is 12.1 Å². The van der Waals surface area contributed by atoms with Gasteiger partial charge in [-0.2, -0.15) is 0 Å². The molecule has 0 amide bonds. The highest BCUT2D eigenvalue weighted by atomic mass is 16.5. The molecule has 0 N–H and O–H groups in total. The second-order valence-electron chi connectivity index (χ2n) is 5.80. The average Bonchev–Trinajstić information content (AvgIpc) is 2.21. The summed E-state index contributed by atoms with van der Waals surface area (Å²) in [7, 11) is 0. The van der Waals surface area contributed by atoms with Crippen molar-refractivity contribution in [2.45, 2.75) is 53.6 Å². The van der Waals surface area contributed by atoms with Gasteiger partial charge in [0.1, 0.15) is 6.10 Å². The predicted molar refractivity (Wildman–Crippen MR) is 75.2 cm³/mol.